The normalized spacial score (nSPS) is 14.4. The summed E-state index contributed by atoms with van der Waals surface area (Å²) >= 11 is 0. The zero-order chi connectivity index (χ0) is 18.7. The summed E-state index contributed by atoms with van der Waals surface area (Å²) in [6, 6.07) is 7.55. The van der Waals surface area contributed by atoms with Gasteiger partial charge in [0.2, 0.25) is 0 Å². The first-order valence-corrected chi connectivity index (χ1v) is 8.41. The van der Waals surface area contributed by atoms with Crippen molar-refractivity contribution in [1.29, 1.82) is 0 Å². The molecule has 1 fully saturated rings. The number of rotatable bonds is 5. The van der Waals surface area contributed by atoms with Gasteiger partial charge < -0.3 is 10.0 Å². The predicted octanol–water partition coefficient (Wildman–Crippen LogP) is 3.64. The van der Waals surface area contributed by atoms with Crippen molar-refractivity contribution >= 4 is 11.9 Å². The Hall–Kier alpha value is -2.83. The van der Waals surface area contributed by atoms with E-state index in [1.807, 2.05) is 0 Å². The number of carbonyl (C=O) groups excluding carboxylic acids is 1. The highest BCUT2D eigenvalue weighted by molar-refractivity contribution is 5.94. The third-order valence-electron chi connectivity index (χ3n) is 4.60. The number of aromatic nitrogens is 1. The van der Waals surface area contributed by atoms with Gasteiger partial charge >= 0.3 is 5.97 Å². The summed E-state index contributed by atoms with van der Waals surface area (Å²) in [5, 5.41) is 9.06. The third kappa shape index (κ3) is 3.71. The average Bonchev–Trinajstić information content (AvgIpc) is 3.15. The predicted molar refractivity (Wildman–Crippen MR) is 89.7 cm³/mol. The van der Waals surface area contributed by atoms with Crippen molar-refractivity contribution in [3.05, 3.63) is 65.0 Å². The lowest BCUT2D eigenvalue weighted by Crippen LogP contribution is -2.39. The largest absolute Gasteiger partial charge is 0.477 e. The molecule has 1 aliphatic rings. The van der Waals surface area contributed by atoms with Crippen LogP contribution in [0.3, 0.4) is 0 Å². The van der Waals surface area contributed by atoms with Gasteiger partial charge in [0.15, 0.2) is 0 Å². The summed E-state index contributed by atoms with van der Waals surface area (Å²) in [5.41, 5.74) is -0.477. The lowest BCUT2D eigenvalue weighted by molar-refractivity contribution is 0.0652. The molecule has 0 bridgehead atoms. The van der Waals surface area contributed by atoms with Crippen LogP contribution in [0.1, 0.15) is 52.2 Å². The molecule has 1 amide bonds. The lowest BCUT2D eigenvalue weighted by atomic mass is 10.1. The number of carboxylic acids is 1. The van der Waals surface area contributed by atoms with Crippen LogP contribution in [0.5, 0.6) is 0 Å². The van der Waals surface area contributed by atoms with Gasteiger partial charge in [-0.1, -0.05) is 25.0 Å². The molecule has 0 aliphatic heterocycles. The Morgan fingerprint density at radius 2 is 1.62 bits per heavy atom. The highest BCUT2D eigenvalue weighted by atomic mass is 19.1. The summed E-state index contributed by atoms with van der Waals surface area (Å²) < 4.78 is 28.1. The molecule has 0 saturated heterocycles. The number of aromatic carboxylic acids is 1. The number of hydrogen-bond donors (Lipinski definition) is 1. The summed E-state index contributed by atoms with van der Waals surface area (Å²) in [6.45, 7) is -0.221. The zero-order valence-corrected chi connectivity index (χ0v) is 14.0. The van der Waals surface area contributed by atoms with E-state index in [-0.39, 0.29) is 29.5 Å². The maximum atomic E-state index is 14.1. The van der Waals surface area contributed by atoms with Gasteiger partial charge in [0, 0.05) is 11.6 Å². The maximum absolute atomic E-state index is 14.1. The van der Waals surface area contributed by atoms with Crippen LogP contribution in [0.25, 0.3) is 0 Å². The number of benzene rings is 1. The van der Waals surface area contributed by atoms with Gasteiger partial charge in [-0.05, 0) is 37.1 Å². The van der Waals surface area contributed by atoms with Crippen LogP contribution in [-0.2, 0) is 6.54 Å². The van der Waals surface area contributed by atoms with Crippen LogP contribution in [0.4, 0.5) is 8.78 Å². The monoisotopic (exact) mass is 360 g/mol. The molecule has 1 aliphatic carbocycles. The number of nitrogens with zero attached hydrogens (tertiary/aromatic N) is 2. The van der Waals surface area contributed by atoms with Crippen LogP contribution in [0.15, 0.2) is 36.4 Å². The molecule has 1 heterocycles. The van der Waals surface area contributed by atoms with Gasteiger partial charge in [-0.25, -0.2) is 18.6 Å². The molecule has 26 heavy (non-hydrogen) atoms. The Kier molecular flexibility index (Phi) is 5.25. The Labute approximate surface area is 149 Å². The second-order valence-electron chi connectivity index (χ2n) is 6.28. The lowest BCUT2D eigenvalue weighted by Gasteiger charge is -2.29. The minimum Gasteiger partial charge on any atom is -0.477 e. The standard InChI is InChI=1S/C19H18F2N2O3/c20-14-7-3-8-15(21)13(14)11-23(12-5-1-2-6-12)18(24)16-9-4-10-17(22-16)19(25)26/h3-4,7-10,12H,1-2,5-6,11H2,(H,25,26). The van der Waals surface area contributed by atoms with E-state index in [2.05, 4.69) is 4.98 Å². The fourth-order valence-corrected chi connectivity index (χ4v) is 3.26. The summed E-state index contributed by atoms with van der Waals surface area (Å²) in [6.07, 6.45) is 3.33. The van der Waals surface area contributed by atoms with E-state index in [9.17, 15) is 18.4 Å². The fourth-order valence-electron chi connectivity index (χ4n) is 3.26. The molecule has 1 N–H and O–H groups in total. The van der Waals surface area contributed by atoms with Gasteiger partial charge in [-0.15, -0.1) is 0 Å². The van der Waals surface area contributed by atoms with Crippen molar-refractivity contribution in [2.75, 3.05) is 0 Å². The second kappa shape index (κ2) is 7.59. The molecule has 7 heteroatoms. The van der Waals surface area contributed by atoms with Crippen molar-refractivity contribution < 1.29 is 23.5 Å². The van der Waals surface area contributed by atoms with Gasteiger partial charge in [-0.3, -0.25) is 4.79 Å². The topological polar surface area (TPSA) is 70.5 Å². The van der Waals surface area contributed by atoms with E-state index >= 15 is 0 Å². The number of carbonyl (C=O) groups is 2. The molecule has 3 rings (SSSR count). The Morgan fingerprint density at radius 1 is 1.04 bits per heavy atom. The van der Waals surface area contributed by atoms with Crippen LogP contribution in [0.2, 0.25) is 0 Å². The zero-order valence-electron chi connectivity index (χ0n) is 14.0. The maximum Gasteiger partial charge on any atom is 0.354 e. The number of carboxylic acid groups (broad SMARTS) is 1. The molecule has 2 aromatic rings. The highest BCUT2D eigenvalue weighted by Crippen LogP contribution is 2.27. The molecule has 136 valence electrons. The summed E-state index contributed by atoms with van der Waals surface area (Å²) in [7, 11) is 0. The van der Waals surface area contributed by atoms with Crippen molar-refractivity contribution in [3.63, 3.8) is 0 Å². The quantitative estimate of drug-likeness (QED) is 0.884. The van der Waals surface area contributed by atoms with Crippen LogP contribution < -0.4 is 0 Å². The van der Waals surface area contributed by atoms with Crippen molar-refractivity contribution in [2.24, 2.45) is 0 Å². The van der Waals surface area contributed by atoms with Crippen molar-refractivity contribution in [3.8, 4) is 0 Å². The van der Waals surface area contributed by atoms with Crippen LogP contribution in [0, 0.1) is 11.6 Å². The number of halogens is 2. The molecular formula is C19H18F2N2O3. The summed E-state index contributed by atoms with van der Waals surface area (Å²) in [4.78, 5) is 29.3. The van der Waals surface area contributed by atoms with Crippen LogP contribution >= 0.6 is 0 Å². The fraction of sp³-hybridized carbons (Fsp3) is 0.316. The Morgan fingerprint density at radius 3 is 2.23 bits per heavy atom. The Bertz CT molecular complexity index is 815. The SMILES string of the molecule is O=C(O)c1cccc(C(=O)N(Cc2c(F)cccc2F)C2CCCC2)n1. The first kappa shape index (κ1) is 18.0. The van der Waals surface area contributed by atoms with E-state index in [1.165, 1.54) is 29.2 Å². The van der Waals surface area contributed by atoms with Gasteiger partial charge in [-0.2, -0.15) is 0 Å². The average molecular weight is 360 g/mol. The third-order valence-corrected chi connectivity index (χ3v) is 4.60. The molecule has 0 atom stereocenters. The summed E-state index contributed by atoms with van der Waals surface area (Å²) in [5.74, 6) is -3.20. The minimum absolute atomic E-state index is 0.0476. The molecule has 5 nitrogen and oxygen atoms in total. The molecule has 1 saturated carbocycles. The van der Waals surface area contributed by atoms with E-state index in [4.69, 9.17) is 5.11 Å². The molecule has 1 aromatic heterocycles. The molecule has 1 aromatic carbocycles. The van der Waals surface area contributed by atoms with Gasteiger partial charge in [0.25, 0.3) is 5.91 Å². The first-order chi connectivity index (χ1) is 12.5. The molecule has 0 unspecified atom stereocenters. The Balaban J connectivity index is 1.95. The van der Waals surface area contributed by atoms with E-state index in [0.717, 1.165) is 37.8 Å². The van der Waals surface area contributed by atoms with Crippen molar-refractivity contribution in [1.82, 2.24) is 9.88 Å². The number of amides is 1. The van der Waals surface area contributed by atoms with E-state index in [0.29, 0.717) is 0 Å². The second-order valence-corrected chi connectivity index (χ2v) is 6.28. The minimum atomic E-state index is -1.24. The first-order valence-electron chi connectivity index (χ1n) is 8.41. The molecular weight excluding hydrogens is 342 g/mol. The van der Waals surface area contributed by atoms with Crippen molar-refractivity contribution in [2.45, 2.75) is 38.3 Å². The number of pyridine rings is 1. The van der Waals surface area contributed by atoms with Gasteiger partial charge in [0.1, 0.15) is 23.0 Å². The number of hydrogen-bond acceptors (Lipinski definition) is 3. The molecule has 0 radical (unpaired) electrons. The van der Waals surface area contributed by atoms with E-state index in [1.54, 1.807) is 0 Å². The van der Waals surface area contributed by atoms with E-state index < -0.39 is 23.5 Å². The smallest absolute Gasteiger partial charge is 0.354 e. The molecule has 0 spiro atoms. The highest BCUT2D eigenvalue weighted by Gasteiger charge is 2.30. The van der Waals surface area contributed by atoms with Gasteiger partial charge in [0.05, 0.1) is 6.54 Å². The van der Waals surface area contributed by atoms with Crippen LogP contribution in [-0.4, -0.2) is 32.9 Å².